The highest BCUT2D eigenvalue weighted by atomic mass is 16.5. The number of ether oxygens (including phenoxy) is 3. The van der Waals surface area contributed by atoms with E-state index in [0.29, 0.717) is 13.1 Å². The van der Waals surface area contributed by atoms with Crippen LogP contribution >= 0.6 is 0 Å². The van der Waals surface area contributed by atoms with Gasteiger partial charge in [-0.2, -0.15) is 0 Å². The van der Waals surface area contributed by atoms with Crippen molar-refractivity contribution in [3.8, 4) is 11.5 Å². The third-order valence-electron chi connectivity index (χ3n) is 4.99. The number of hydrogen-bond donors (Lipinski definition) is 0. The first-order chi connectivity index (χ1) is 14.6. The molecule has 0 fully saturated rings. The first-order valence-electron chi connectivity index (χ1n) is 9.77. The van der Waals surface area contributed by atoms with Crippen molar-refractivity contribution in [1.82, 2.24) is 4.90 Å². The van der Waals surface area contributed by atoms with Gasteiger partial charge < -0.3 is 14.2 Å². The highest BCUT2D eigenvalue weighted by molar-refractivity contribution is 5.77. The van der Waals surface area contributed by atoms with Gasteiger partial charge in [-0.15, -0.1) is 0 Å². The Morgan fingerprint density at radius 3 is 1.60 bits per heavy atom. The Hall–Kier alpha value is -3.31. The fourth-order valence-corrected chi connectivity index (χ4v) is 3.41. The van der Waals surface area contributed by atoms with Gasteiger partial charge in [0.2, 0.25) is 0 Å². The highest BCUT2D eigenvalue weighted by Gasteiger charge is 2.29. The van der Waals surface area contributed by atoms with Gasteiger partial charge in [0.15, 0.2) is 0 Å². The van der Waals surface area contributed by atoms with E-state index in [-0.39, 0.29) is 5.97 Å². The summed E-state index contributed by atoms with van der Waals surface area (Å²) in [6, 6.07) is 25.0. The highest BCUT2D eigenvalue weighted by Crippen LogP contribution is 2.27. The molecule has 0 saturated heterocycles. The van der Waals surface area contributed by atoms with Gasteiger partial charge in [-0.05, 0) is 41.0 Å². The zero-order chi connectivity index (χ0) is 21.3. The van der Waals surface area contributed by atoms with E-state index in [1.165, 1.54) is 7.11 Å². The number of carbonyl (C=O) groups excluding carboxylic acids is 1. The molecule has 0 aliphatic carbocycles. The van der Waals surface area contributed by atoms with E-state index in [1.807, 2.05) is 78.9 Å². The Morgan fingerprint density at radius 2 is 1.20 bits per heavy atom. The van der Waals surface area contributed by atoms with Crippen LogP contribution in [0.2, 0.25) is 0 Å². The van der Waals surface area contributed by atoms with Crippen LogP contribution in [0.1, 0.15) is 22.7 Å². The number of hydrogen-bond acceptors (Lipinski definition) is 5. The van der Waals surface area contributed by atoms with Crippen molar-refractivity contribution in [2.45, 2.75) is 19.1 Å². The number of methoxy groups -OCH3 is 3. The van der Waals surface area contributed by atoms with Gasteiger partial charge in [-0.1, -0.05) is 54.6 Å². The minimum atomic E-state index is -0.527. The lowest BCUT2D eigenvalue weighted by Crippen LogP contribution is -2.34. The van der Waals surface area contributed by atoms with E-state index in [0.717, 1.165) is 28.2 Å². The molecule has 1 atom stereocenters. The van der Waals surface area contributed by atoms with Crippen LogP contribution in [-0.2, 0) is 22.6 Å². The van der Waals surface area contributed by atoms with E-state index in [4.69, 9.17) is 14.2 Å². The molecule has 0 amide bonds. The molecule has 0 bridgehead atoms. The van der Waals surface area contributed by atoms with Gasteiger partial charge in [0.05, 0.1) is 21.3 Å². The van der Waals surface area contributed by atoms with Crippen LogP contribution in [0, 0.1) is 0 Å². The summed E-state index contributed by atoms with van der Waals surface area (Å²) in [5, 5.41) is 0. The average molecular weight is 405 g/mol. The van der Waals surface area contributed by atoms with Crippen molar-refractivity contribution >= 4 is 5.97 Å². The van der Waals surface area contributed by atoms with Gasteiger partial charge in [0, 0.05) is 13.1 Å². The van der Waals surface area contributed by atoms with Crippen LogP contribution in [0.3, 0.4) is 0 Å². The molecular formula is C25H27NO4. The zero-order valence-corrected chi connectivity index (χ0v) is 17.6. The molecule has 0 radical (unpaired) electrons. The van der Waals surface area contributed by atoms with E-state index < -0.39 is 6.04 Å². The zero-order valence-electron chi connectivity index (χ0n) is 17.6. The van der Waals surface area contributed by atoms with Crippen molar-refractivity contribution in [3.63, 3.8) is 0 Å². The molecule has 3 aromatic rings. The Kier molecular flexibility index (Phi) is 7.46. The van der Waals surface area contributed by atoms with Gasteiger partial charge in [-0.25, -0.2) is 4.79 Å². The van der Waals surface area contributed by atoms with Gasteiger partial charge in [0.25, 0.3) is 0 Å². The van der Waals surface area contributed by atoms with Gasteiger partial charge in [0.1, 0.15) is 17.5 Å². The van der Waals surface area contributed by atoms with Gasteiger partial charge in [-0.3, -0.25) is 4.90 Å². The van der Waals surface area contributed by atoms with Crippen molar-refractivity contribution in [3.05, 3.63) is 95.6 Å². The van der Waals surface area contributed by atoms with Crippen LogP contribution in [0.25, 0.3) is 0 Å². The van der Waals surface area contributed by atoms with Crippen molar-refractivity contribution in [2.75, 3.05) is 21.3 Å². The monoisotopic (exact) mass is 405 g/mol. The minimum absolute atomic E-state index is 0.289. The Bertz CT molecular complexity index is 874. The van der Waals surface area contributed by atoms with Crippen molar-refractivity contribution < 1.29 is 19.0 Å². The second kappa shape index (κ2) is 10.5. The van der Waals surface area contributed by atoms with Gasteiger partial charge >= 0.3 is 5.97 Å². The third-order valence-corrected chi connectivity index (χ3v) is 4.99. The maximum atomic E-state index is 12.8. The van der Waals surface area contributed by atoms with Crippen LogP contribution in [-0.4, -0.2) is 32.2 Å². The number of esters is 1. The Labute approximate surface area is 177 Å². The molecule has 0 spiro atoms. The fraction of sp³-hybridized carbons (Fsp3) is 0.240. The summed E-state index contributed by atoms with van der Waals surface area (Å²) in [6.45, 7) is 1.15. The second-order valence-corrected chi connectivity index (χ2v) is 6.94. The molecule has 0 aliphatic heterocycles. The molecule has 0 aliphatic rings. The van der Waals surface area contributed by atoms with E-state index in [9.17, 15) is 4.79 Å². The summed E-state index contributed by atoms with van der Waals surface area (Å²) in [5.41, 5.74) is 3.05. The number of rotatable bonds is 9. The van der Waals surface area contributed by atoms with Crippen LogP contribution < -0.4 is 9.47 Å². The molecule has 0 aromatic heterocycles. The third kappa shape index (κ3) is 5.39. The summed E-state index contributed by atoms with van der Waals surface area (Å²) in [7, 11) is 4.72. The maximum absolute atomic E-state index is 12.8. The number of carbonyl (C=O) groups is 1. The van der Waals surface area contributed by atoms with E-state index in [2.05, 4.69) is 4.90 Å². The minimum Gasteiger partial charge on any atom is -0.497 e. The summed E-state index contributed by atoms with van der Waals surface area (Å²) >= 11 is 0. The summed E-state index contributed by atoms with van der Waals surface area (Å²) in [5.74, 6) is 1.31. The summed E-state index contributed by atoms with van der Waals surface area (Å²) in [4.78, 5) is 14.9. The predicted molar refractivity (Wildman–Crippen MR) is 116 cm³/mol. The molecule has 3 aromatic carbocycles. The second-order valence-electron chi connectivity index (χ2n) is 6.94. The molecule has 0 heterocycles. The Balaban J connectivity index is 1.95. The van der Waals surface area contributed by atoms with Crippen LogP contribution in [0.4, 0.5) is 0 Å². The SMILES string of the molecule is COC(=O)[C@H](c1ccccc1)N(Cc1ccc(OC)cc1)Cc1ccc(OC)cc1. The van der Waals surface area contributed by atoms with Crippen LogP contribution in [0.5, 0.6) is 11.5 Å². The topological polar surface area (TPSA) is 48.0 Å². The lowest BCUT2D eigenvalue weighted by atomic mass is 10.0. The quantitative estimate of drug-likeness (QED) is 0.486. The maximum Gasteiger partial charge on any atom is 0.327 e. The standard InChI is InChI=1S/C25H27NO4/c1-28-22-13-9-19(10-14-22)17-26(18-20-11-15-23(29-2)16-12-20)24(25(27)30-3)21-7-5-4-6-8-21/h4-16,24H,17-18H2,1-3H3/t24-/m0/s1. The van der Waals surface area contributed by atoms with Crippen LogP contribution in [0.15, 0.2) is 78.9 Å². The van der Waals surface area contributed by atoms with Crippen molar-refractivity contribution in [2.24, 2.45) is 0 Å². The molecule has 0 saturated carbocycles. The molecule has 5 heteroatoms. The first kappa shape index (κ1) is 21.4. The first-order valence-corrected chi connectivity index (χ1v) is 9.77. The molecule has 0 unspecified atom stereocenters. The number of benzene rings is 3. The van der Waals surface area contributed by atoms with Crippen molar-refractivity contribution in [1.29, 1.82) is 0 Å². The Morgan fingerprint density at radius 1 is 0.733 bits per heavy atom. The predicted octanol–water partition coefficient (Wildman–Crippen LogP) is 4.62. The van der Waals surface area contributed by atoms with E-state index >= 15 is 0 Å². The summed E-state index contributed by atoms with van der Waals surface area (Å²) in [6.07, 6.45) is 0. The molecule has 3 rings (SSSR count). The fourth-order valence-electron chi connectivity index (χ4n) is 3.41. The van der Waals surface area contributed by atoms with E-state index in [1.54, 1.807) is 14.2 Å². The normalized spacial score (nSPS) is 11.7. The summed E-state index contributed by atoms with van der Waals surface area (Å²) < 4.78 is 15.7. The average Bonchev–Trinajstić information content (AvgIpc) is 2.80. The molecule has 0 N–H and O–H groups in total. The number of nitrogens with zero attached hydrogens (tertiary/aromatic N) is 1. The smallest absolute Gasteiger partial charge is 0.327 e. The molecule has 30 heavy (non-hydrogen) atoms. The lowest BCUT2D eigenvalue weighted by Gasteiger charge is -2.30. The lowest BCUT2D eigenvalue weighted by molar-refractivity contribution is -0.148. The largest absolute Gasteiger partial charge is 0.497 e. The molecule has 5 nitrogen and oxygen atoms in total. The molecule has 156 valence electrons. The molecular weight excluding hydrogens is 378 g/mol.